The fraction of sp³-hybridized carbons (Fsp3) is 0.250. The number of ether oxygens (including phenoxy) is 2. The van der Waals surface area contributed by atoms with Crippen molar-refractivity contribution in [2.45, 2.75) is 22.0 Å². The zero-order chi connectivity index (χ0) is 22.5. The number of sulfonamides is 1. The Morgan fingerprint density at radius 1 is 1.03 bits per heavy atom. The molecule has 14 heteroatoms. The summed E-state index contributed by atoms with van der Waals surface area (Å²) in [5.41, 5.74) is 0. The van der Waals surface area contributed by atoms with Gasteiger partial charge in [-0.15, -0.1) is 11.6 Å². The molecule has 30 heavy (non-hydrogen) atoms. The van der Waals surface area contributed by atoms with E-state index in [1.165, 1.54) is 39.4 Å². The molecule has 12 nitrogen and oxygen atoms in total. The van der Waals surface area contributed by atoms with Gasteiger partial charge in [0.25, 0.3) is 10.0 Å². The number of amides is 2. The van der Waals surface area contributed by atoms with Crippen LogP contribution in [-0.2, 0) is 19.9 Å². The third-order valence-electron chi connectivity index (χ3n) is 3.68. The van der Waals surface area contributed by atoms with Gasteiger partial charge in [0.2, 0.25) is 5.95 Å². The molecule has 0 bridgehead atoms. The molecular weight excluding hydrogens is 438 g/mol. The van der Waals surface area contributed by atoms with Crippen molar-refractivity contribution in [1.29, 1.82) is 0 Å². The molecule has 0 spiro atoms. The van der Waals surface area contributed by atoms with Crippen LogP contribution in [-0.4, -0.2) is 57.3 Å². The van der Waals surface area contributed by atoms with Crippen molar-refractivity contribution in [3.05, 3.63) is 36.9 Å². The number of rotatable bonds is 8. The van der Waals surface area contributed by atoms with Crippen molar-refractivity contribution in [1.82, 2.24) is 19.7 Å². The van der Waals surface area contributed by atoms with Gasteiger partial charge in [0.15, 0.2) is 9.84 Å². The summed E-state index contributed by atoms with van der Waals surface area (Å²) >= 11 is 0. The summed E-state index contributed by atoms with van der Waals surface area (Å²) in [5.74, 6) is -0.354. The molecule has 0 radical (unpaired) electrons. The molecule has 0 aliphatic heterocycles. The number of methoxy groups -OCH3 is 2. The highest BCUT2D eigenvalue weighted by molar-refractivity contribution is 7.94. The predicted octanol–water partition coefficient (Wildman–Crippen LogP) is 0.747. The van der Waals surface area contributed by atoms with Gasteiger partial charge in [-0.05, 0) is 19.1 Å². The molecule has 1 atom stereocenters. The molecule has 2 N–H and O–H groups in total. The molecule has 0 saturated carbocycles. The third kappa shape index (κ3) is 5.01. The Balaban J connectivity index is 2.34. The number of hydrogen-bond acceptors (Lipinski definition) is 10. The van der Waals surface area contributed by atoms with E-state index < -0.39 is 40.9 Å². The second-order valence-corrected chi connectivity index (χ2v) is 9.55. The summed E-state index contributed by atoms with van der Waals surface area (Å²) in [4.78, 5) is 22.3. The average molecular weight is 457 g/mol. The first-order chi connectivity index (χ1) is 14.0. The van der Waals surface area contributed by atoms with E-state index in [2.05, 4.69) is 26.8 Å². The van der Waals surface area contributed by atoms with Gasteiger partial charge in [0.05, 0.1) is 24.4 Å². The highest BCUT2D eigenvalue weighted by atomic mass is 32.2. The van der Waals surface area contributed by atoms with Crippen LogP contribution in [0, 0.1) is 0 Å². The molecule has 2 aromatic rings. The van der Waals surface area contributed by atoms with Crippen molar-refractivity contribution < 1.29 is 31.1 Å². The first kappa shape index (κ1) is 23.0. The van der Waals surface area contributed by atoms with Gasteiger partial charge < -0.3 is 9.47 Å². The summed E-state index contributed by atoms with van der Waals surface area (Å²) < 4.78 is 62.0. The van der Waals surface area contributed by atoms with Gasteiger partial charge in [0.1, 0.15) is 4.90 Å². The van der Waals surface area contributed by atoms with E-state index in [1.807, 2.05) is 0 Å². The Labute approximate surface area is 173 Å². The fourth-order valence-corrected chi connectivity index (χ4v) is 5.06. The Kier molecular flexibility index (Phi) is 6.94. The van der Waals surface area contributed by atoms with Crippen molar-refractivity contribution in [3.63, 3.8) is 0 Å². The predicted molar refractivity (Wildman–Crippen MR) is 106 cm³/mol. The maximum atomic E-state index is 12.7. The van der Waals surface area contributed by atoms with E-state index in [4.69, 9.17) is 9.47 Å². The van der Waals surface area contributed by atoms with E-state index in [0.29, 0.717) is 0 Å². The van der Waals surface area contributed by atoms with Crippen LogP contribution in [0.25, 0.3) is 0 Å². The maximum absolute atomic E-state index is 12.7. The van der Waals surface area contributed by atoms with Crippen molar-refractivity contribution in [2.75, 3.05) is 19.5 Å². The Bertz CT molecular complexity index is 1140. The SMILES string of the molecule is C=CC(C)S(=O)(=O)c1ccccc1S(=O)(=O)NC(=O)Nc1nc(OC)nc(OC)n1. The lowest BCUT2D eigenvalue weighted by Gasteiger charge is -2.14. The molecule has 0 aliphatic carbocycles. The minimum atomic E-state index is -4.58. The number of nitrogens with one attached hydrogen (secondary N) is 2. The molecule has 0 saturated heterocycles. The van der Waals surface area contributed by atoms with Gasteiger partial charge >= 0.3 is 18.1 Å². The van der Waals surface area contributed by atoms with Crippen LogP contribution < -0.4 is 19.5 Å². The molecule has 1 aromatic carbocycles. The maximum Gasteiger partial charge on any atom is 0.335 e. The van der Waals surface area contributed by atoms with Crippen LogP contribution in [0.15, 0.2) is 46.7 Å². The molecule has 0 fully saturated rings. The Morgan fingerprint density at radius 2 is 1.57 bits per heavy atom. The monoisotopic (exact) mass is 457 g/mol. The summed E-state index contributed by atoms with van der Waals surface area (Å²) in [5, 5.41) is 1.04. The summed E-state index contributed by atoms with van der Waals surface area (Å²) in [6, 6.07) is 3.27. The largest absolute Gasteiger partial charge is 0.467 e. The van der Waals surface area contributed by atoms with Crippen LogP contribution in [0.4, 0.5) is 10.7 Å². The molecule has 2 amide bonds. The van der Waals surface area contributed by atoms with E-state index in [1.54, 1.807) is 4.72 Å². The number of carbonyl (C=O) groups is 1. The first-order valence-electron chi connectivity index (χ1n) is 8.18. The molecule has 2 rings (SSSR count). The molecule has 1 aromatic heterocycles. The Hall–Kier alpha value is -3.26. The van der Waals surface area contributed by atoms with Crippen LogP contribution in [0.2, 0.25) is 0 Å². The number of carbonyl (C=O) groups excluding carboxylic acids is 1. The summed E-state index contributed by atoms with van der Waals surface area (Å²) in [6.45, 7) is 4.77. The van der Waals surface area contributed by atoms with Gasteiger partial charge in [-0.3, -0.25) is 5.32 Å². The Morgan fingerprint density at radius 3 is 2.07 bits per heavy atom. The van der Waals surface area contributed by atoms with Crippen LogP contribution >= 0.6 is 0 Å². The minimum absolute atomic E-state index is 0.185. The molecule has 0 aliphatic rings. The number of benzene rings is 1. The lowest BCUT2D eigenvalue weighted by atomic mass is 10.4. The molecule has 1 heterocycles. The average Bonchev–Trinajstić information content (AvgIpc) is 2.72. The van der Waals surface area contributed by atoms with Gasteiger partial charge in [0, 0.05) is 0 Å². The number of aromatic nitrogens is 3. The van der Waals surface area contributed by atoms with Gasteiger partial charge in [-0.2, -0.15) is 9.97 Å². The lowest BCUT2D eigenvalue weighted by molar-refractivity contribution is 0.256. The normalized spacial score (nSPS) is 12.5. The second kappa shape index (κ2) is 9.04. The minimum Gasteiger partial charge on any atom is -0.467 e. The van der Waals surface area contributed by atoms with E-state index >= 15 is 0 Å². The zero-order valence-electron chi connectivity index (χ0n) is 16.2. The highest BCUT2D eigenvalue weighted by Gasteiger charge is 2.30. The molecular formula is C16H19N5O7S2. The van der Waals surface area contributed by atoms with Crippen molar-refractivity contribution in [3.8, 4) is 12.0 Å². The lowest BCUT2D eigenvalue weighted by Crippen LogP contribution is -2.36. The number of anilines is 1. The second-order valence-electron chi connectivity index (χ2n) is 5.62. The molecule has 1 unspecified atom stereocenters. The fourth-order valence-electron chi connectivity index (χ4n) is 2.11. The molecule has 162 valence electrons. The van der Waals surface area contributed by atoms with Gasteiger partial charge in [-0.25, -0.2) is 26.4 Å². The van der Waals surface area contributed by atoms with Crippen LogP contribution in [0.3, 0.4) is 0 Å². The van der Waals surface area contributed by atoms with E-state index in [9.17, 15) is 21.6 Å². The number of hydrogen-bond donors (Lipinski definition) is 2. The van der Waals surface area contributed by atoms with Crippen molar-refractivity contribution in [2.24, 2.45) is 0 Å². The topological polar surface area (TPSA) is 167 Å². The number of urea groups is 1. The number of sulfone groups is 1. The van der Waals surface area contributed by atoms with Gasteiger partial charge in [-0.1, -0.05) is 18.2 Å². The van der Waals surface area contributed by atoms with Crippen LogP contribution in [0.5, 0.6) is 12.0 Å². The van der Waals surface area contributed by atoms with Crippen LogP contribution in [0.1, 0.15) is 6.92 Å². The van der Waals surface area contributed by atoms with E-state index in [0.717, 1.165) is 12.1 Å². The zero-order valence-corrected chi connectivity index (χ0v) is 17.8. The smallest absolute Gasteiger partial charge is 0.335 e. The summed E-state index contributed by atoms with van der Waals surface area (Å²) in [7, 11) is -6.09. The standard InChI is InChI=1S/C16H19N5O7S2/c1-5-10(2)29(23,24)11-8-6-7-9-12(11)30(25,26)21-14(22)17-13-18-15(27-3)20-16(19-13)28-4/h5-10H,1H2,2-4H3,(H2,17,18,19,20,21,22). The third-order valence-corrected chi connectivity index (χ3v) is 7.34. The van der Waals surface area contributed by atoms with Crippen molar-refractivity contribution >= 4 is 31.8 Å². The summed E-state index contributed by atoms with van der Waals surface area (Å²) in [6.07, 6.45) is 1.17. The highest BCUT2D eigenvalue weighted by Crippen LogP contribution is 2.25. The quantitative estimate of drug-likeness (QED) is 0.540. The number of nitrogens with zero attached hydrogens (tertiary/aromatic N) is 3. The van der Waals surface area contributed by atoms with E-state index in [-0.39, 0.29) is 18.0 Å². The first-order valence-corrected chi connectivity index (χ1v) is 11.2.